The van der Waals surface area contributed by atoms with E-state index < -0.39 is 19.8 Å². The van der Waals surface area contributed by atoms with Crippen LogP contribution in [0.5, 0.6) is 0 Å². The molecule has 1 unspecified atom stereocenters. The first-order valence-electron chi connectivity index (χ1n) is 10.2. The Balaban J connectivity index is 1.82. The van der Waals surface area contributed by atoms with E-state index in [2.05, 4.69) is 0 Å². The van der Waals surface area contributed by atoms with E-state index in [1.165, 1.54) is 0 Å². The molecule has 10 heteroatoms. The van der Waals surface area contributed by atoms with Crippen molar-refractivity contribution in [2.45, 2.75) is 45.4 Å². The molecule has 164 valence electrons. The van der Waals surface area contributed by atoms with Crippen molar-refractivity contribution in [2.75, 3.05) is 0 Å². The average Bonchev–Trinajstić information content (AvgIpc) is 3.12. The SMILES string of the molecule is CCc1c2c(nc3ccc(Cl)cc13)-c1cc3c(c(=O)n1C2)COC(=O)[C@@]3(CC)O[P+](=O)O. The van der Waals surface area contributed by atoms with Gasteiger partial charge in [0.05, 0.1) is 29.0 Å². The number of cyclic esters (lactones) is 1. The van der Waals surface area contributed by atoms with Crippen LogP contribution in [-0.4, -0.2) is 20.4 Å². The number of esters is 1. The van der Waals surface area contributed by atoms with Crippen LogP contribution in [-0.2, 0) is 43.8 Å². The molecule has 0 aliphatic carbocycles. The van der Waals surface area contributed by atoms with Gasteiger partial charge in [0, 0.05) is 26.1 Å². The number of carbonyl (C=O) groups excluding carboxylic acids is 1. The highest BCUT2D eigenvalue weighted by Crippen LogP contribution is 2.45. The van der Waals surface area contributed by atoms with Crippen LogP contribution in [0.15, 0.2) is 29.1 Å². The van der Waals surface area contributed by atoms with Gasteiger partial charge in [-0.25, -0.2) is 9.78 Å². The number of pyridine rings is 2. The molecule has 1 aromatic carbocycles. The van der Waals surface area contributed by atoms with Gasteiger partial charge in [0.2, 0.25) is 5.60 Å². The molecule has 32 heavy (non-hydrogen) atoms. The Morgan fingerprint density at radius 1 is 1.28 bits per heavy atom. The number of ether oxygens (including phenoxy) is 1. The van der Waals surface area contributed by atoms with Crippen molar-refractivity contribution in [3.05, 3.63) is 61.9 Å². The number of nitrogens with zero attached hydrogens (tertiary/aromatic N) is 2. The van der Waals surface area contributed by atoms with E-state index in [9.17, 15) is 19.0 Å². The minimum absolute atomic E-state index is 0.0279. The van der Waals surface area contributed by atoms with Crippen LogP contribution in [0.25, 0.3) is 22.3 Å². The summed E-state index contributed by atoms with van der Waals surface area (Å²) in [6.07, 6.45) is 0.749. The Bertz CT molecular complexity index is 1400. The van der Waals surface area contributed by atoms with Crippen molar-refractivity contribution in [2.24, 2.45) is 0 Å². The summed E-state index contributed by atoms with van der Waals surface area (Å²) in [7, 11) is -3.12. The monoisotopic (exact) mass is 473 g/mol. The van der Waals surface area contributed by atoms with Crippen LogP contribution >= 0.6 is 19.9 Å². The van der Waals surface area contributed by atoms with E-state index in [4.69, 9.17) is 25.8 Å². The maximum atomic E-state index is 13.4. The fourth-order valence-corrected chi connectivity index (χ4v) is 5.55. The first-order chi connectivity index (χ1) is 15.3. The van der Waals surface area contributed by atoms with E-state index >= 15 is 0 Å². The summed E-state index contributed by atoms with van der Waals surface area (Å²) < 4.78 is 23.6. The fraction of sp³-hybridized carbons (Fsp3) is 0.318. The van der Waals surface area contributed by atoms with Gasteiger partial charge in [-0.05, 0) is 42.7 Å². The lowest BCUT2D eigenvalue weighted by Crippen LogP contribution is -2.45. The third kappa shape index (κ3) is 2.87. The molecular formula is C22H19ClN2O6P+. The van der Waals surface area contributed by atoms with E-state index in [0.717, 1.165) is 28.5 Å². The largest absolute Gasteiger partial charge is 0.696 e. The van der Waals surface area contributed by atoms with Gasteiger partial charge in [-0.3, -0.25) is 4.79 Å². The molecule has 2 aliphatic heterocycles. The highest BCUT2D eigenvalue weighted by Gasteiger charge is 2.54. The minimum atomic E-state index is -3.12. The third-order valence-corrected chi connectivity index (χ3v) is 7.03. The number of aromatic nitrogens is 2. The first kappa shape index (κ1) is 21.2. The summed E-state index contributed by atoms with van der Waals surface area (Å²) in [6, 6.07) is 7.16. The van der Waals surface area contributed by atoms with Crippen LogP contribution in [0.1, 0.15) is 42.5 Å². The molecule has 5 rings (SSSR count). The van der Waals surface area contributed by atoms with Gasteiger partial charge >= 0.3 is 14.2 Å². The smallest absolute Gasteiger partial charge is 0.458 e. The zero-order valence-corrected chi connectivity index (χ0v) is 19.0. The van der Waals surface area contributed by atoms with Crippen molar-refractivity contribution in [3.8, 4) is 11.4 Å². The standard InChI is InChI=1S/C22H18ClN2O6P/c1-3-12-13-7-11(23)5-6-17(13)24-19-14(12)9-25-18(19)8-16-15(20(25)26)10-30-21(27)22(16,4-2)31-32(28)29/h5-8H,3-4,9-10H2,1-2H3/p+1/t22-/m0/s1. The van der Waals surface area contributed by atoms with Gasteiger partial charge in [0.15, 0.2) is 0 Å². The third-order valence-electron chi connectivity index (χ3n) is 6.32. The second-order valence-electron chi connectivity index (χ2n) is 7.83. The predicted molar refractivity (Wildman–Crippen MR) is 118 cm³/mol. The zero-order valence-electron chi connectivity index (χ0n) is 17.3. The maximum Gasteiger partial charge on any atom is 0.696 e. The van der Waals surface area contributed by atoms with Gasteiger partial charge in [-0.1, -0.05) is 30.0 Å². The number of halogens is 1. The summed E-state index contributed by atoms with van der Waals surface area (Å²) >= 11 is 6.21. The zero-order chi connectivity index (χ0) is 22.8. The van der Waals surface area contributed by atoms with Gasteiger partial charge in [0.25, 0.3) is 5.56 Å². The summed E-state index contributed by atoms with van der Waals surface area (Å²) in [4.78, 5) is 40.4. The Morgan fingerprint density at radius 3 is 2.75 bits per heavy atom. The molecule has 4 heterocycles. The highest BCUT2D eigenvalue weighted by atomic mass is 35.5. The molecule has 0 radical (unpaired) electrons. The average molecular weight is 474 g/mol. The quantitative estimate of drug-likeness (QED) is 0.353. The number of hydrogen-bond acceptors (Lipinski definition) is 6. The first-order valence-corrected chi connectivity index (χ1v) is 11.7. The topological polar surface area (TPSA) is 108 Å². The molecule has 0 saturated heterocycles. The van der Waals surface area contributed by atoms with Crippen LogP contribution < -0.4 is 5.56 Å². The fourth-order valence-electron chi connectivity index (χ4n) is 4.81. The Labute approximate surface area is 188 Å². The lowest BCUT2D eigenvalue weighted by molar-refractivity contribution is -0.169. The number of carbonyl (C=O) groups is 1. The van der Waals surface area contributed by atoms with Gasteiger partial charge in [-0.15, -0.1) is 4.89 Å². The van der Waals surface area contributed by atoms with Crippen molar-refractivity contribution in [1.29, 1.82) is 0 Å². The van der Waals surface area contributed by atoms with E-state index in [1.807, 2.05) is 19.1 Å². The molecule has 2 atom stereocenters. The second kappa shape index (κ2) is 7.46. The van der Waals surface area contributed by atoms with Crippen molar-refractivity contribution in [1.82, 2.24) is 9.55 Å². The lowest BCUT2D eigenvalue weighted by atomic mass is 9.86. The number of fused-ring (bicyclic) bond motifs is 5. The second-order valence-corrected chi connectivity index (χ2v) is 8.93. The molecule has 0 spiro atoms. The Hall–Kier alpha value is -2.64. The number of aryl methyl sites for hydroxylation is 1. The summed E-state index contributed by atoms with van der Waals surface area (Å²) in [5, 5.41) is 1.54. The number of rotatable bonds is 4. The molecule has 2 aliphatic rings. The normalized spacial score (nSPS) is 19.4. The summed E-state index contributed by atoms with van der Waals surface area (Å²) in [5.41, 5.74) is 2.25. The maximum absolute atomic E-state index is 13.4. The van der Waals surface area contributed by atoms with Gasteiger partial charge < -0.3 is 9.30 Å². The molecule has 2 aromatic heterocycles. The molecular weight excluding hydrogens is 455 g/mol. The lowest BCUT2D eigenvalue weighted by Gasteiger charge is -2.31. The minimum Gasteiger partial charge on any atom is -0.458 e. The van der Waals surface area contributed by atoms with E-state index in [-0.39, 0.29) is 29.7 Å². The van der Waals surface area contributed by atoms with Crippen molar-refractivity contribution >= 4 is 36.7 Å². The van der Waals surface area contributed by atoms with Crippen LogP contribution in [0.4, 0.5) is 0 Å². The summed E-state index contributed by atoms with van der Waals surface area (Å²) in [5.74, 6) is -0.789. The van der Waals surface area contributed by atoms with E-state index in [1.54, 1.807) is 23.6 Å². The van der Waals surface area contributed by atoms with Gasteiger partial charge in [-0.2, -0.15) is 0 Å². The molecule has 0 amide bonds. The molecule has 0 fully saturated rings. The number of benzene rings is 1. The van der Waals surface area contributed by atoms with Crippen LogP contribution in [0.2, 0.25) is 5.02 Å². The highest BCUT2D eigenvalue weighted by molar-refractivity contribution is 7.32. The van der Waals surface area contributed by atoms with Crippen LogP contribution in [0.3, 0.4) is 0 Å². The predicted octanol–water partition coefficient (Wildman–Crippen LogP) is 3.97. The molecule has 8 nitrogen and oxygen atoms in total. The van der Waals surface area contributed by atoms with Gasteiger partial charge in [0.1, 0.15) is 6.61 Å². The molecule has 3 aromatic rings. The van der Waals surface area contributed by atoms with E-state index in [0.29, 0.717) is 23.0 Å². The van der Waals surface area contributed by atoms with Crippen LogP contribution in [0, 0.1) is 0 Å². The molecule has 0 saturated carbocycles. The Morgan fingerprint density at radius 2 is 2.06 bits per heavy atom. The van der Waals surface area contributed by atoms with Crippen molar-refractivity contribution in [3.63, 3.8) is 0 Å². The summed E-state index contributed by atoms with van der Waals surface area (Å²) in [6.45, 7) is 3.78. The molecule has 1 N–H and O–H groups in total. The Kier molecular flexibility index (Phi) is 4.94. The number of hydrogen-bond donors (Lipinski definition) is 1. The molecule has 0 bridgehead atoms. The van der Waals surface area contributed by atoms with Crippen molar-refractivity contribution < 1.29 is 23.5 Å².